The predicted molar refractivity (Wildman–Crippen MR) is 68.4 cm³/mol. The van der Waals surface area contributed by atoms with Gasteiger partial charge in [0, 0.05) is 12.1 Å². The summed E-state index contributed by atoms with van der Waals surface area (Å²) in [7, 11) is 1.35. The molecule has 0 heterocycles. The van der Waals surface area contributed by atoms with Gasteiger partial charge in [0.1, 0.15) is 5.75 Å². The molecule has 0 aromatic heterocycles. The Morgan fingerprint density at radius 1 is 1.37 bits per heavy atom. The van der Waals surface area contributed by atoms with Gasteiger partial charge >= 0.3 is 5.97 Å². The van der Waals surface area contributed by atoms with Crippen molar-refractivity contribution in [3.63, 3.8) is 0 Å². The van der Waals surface area contributed by atoms with Crippen LogP contribution in [0.4, 0.5) is 0 Å². The average Bonchev–Trinajstić information content (AvgIpc) is 2.37. The van der Waals surface area contributed by atoms with Gasteiger partial charge in [-0.15, -0.1) is 0 Å². The normalized spacial score (nSPS) is 11.7. The van der Waals surface area contributed by atoms with Gasteiger partial charge in [-0.2, -0.15) is 0 Å². The number of carbonyl (C=O) groups is 2. The minimum atomic E-state index is -1.17. The van der Waals surface area contributed by atoms with Crippen LogP contribution in [0, 0.1) is 0 Å². The minimum Gasteiger partial charge on any atom is -0.484 e. The fourth-order valence-corrected chi connectivity index (χ4v) is 1.38. The molecule has 1 aromatic carbocycles. The van der Waals surface area contributed by atoms with E-state index >= 15 is 0 Å². The third-order valence-electron chi connectivity index (χ3n) is 2.15. The van der Waals surface area contributed by atoms with Crippen molar-refractivity contribution in [3.8, 4) is 5.75 Å². The zero-order valence-electron chi connectivity index (χ0n) is 10.3. The smallest absolute Gasteiger partial charge is 0.328 e. The number of rotatable bonds is 7. The maximum Gasteiger partial charge on any atom is 0.328 e. The van der Waals surface area contributed by atoms with Crippen LogP contribution in [0.25, 0.3) is 0 Å². The van der Waals surface area contributed by atoms with E-state index in [4.69, 9.17) is 26.2 Å². The quantitative estimate of drug-likeness (QED) is 0.779. The zero-order chi connectivity index (χ0) is 14.3. The Morgan fingerprint density at radius 3 is 2.53 bits per heavy atom. The van der Waals surface area contributed by atoms with Crippen molar-refractivity contribution >= 4 is 23.5 Å². The zero-order valence-corrected chi connectivity index (χ0v) is 11.0. The lowest BCUT2D eigenvalue weighted by Crippen LogP contribution is -2.45. The summed E-state index contributed by atoms with van der Waals surface area (Å²) in [4.78, 5) is 22.3. The van der Waals surface area contributed by atoms with Crippen LogP contribution in [-0.4, -0.2) is 43.3 Å². The molecule has 2 N–H and O–H groups in total. The highest BCUT2D eigenvalue weighted by Gasteiger charge is 2.19. The maximum absolute atomic E-state index is 11.5. The number of hydrogen-bond donors (Lipinski definition) is 2. The van der Waals surface area contributed by atoms with Crippen molar-refractivity contribution < 1.29 is 24.2 Å². The molecule has 0 radical (unpaired) electrons. The lowest BCUT2D eigenvalue weighted by molar-refractivity contribution is -0.143. The molecular weight excluding hydrogens is 274 g/mol. The van der Waals surface area contributed by atoms with Gasteiger partial charge in [-0.3, -0.25) is 4.79 Å². The number of methoxy groups -OCH3 is 1. The lowest BCUT2D eigenvalue weighted by Gasteiger charge is -2.13. The van der Waals surface area contributed by atoms with E-state index in [0.717, 1.165) is 0 Å². The van der Waals surface area contributed by atoms with Crippen LogP contribution in [0.2, 0.25) is 5.02 Å². The molecular formula is C12H14ClNO5. The number of aliphatic carboxylic acids is 1. The van der Waals surface area contributed by atoms with Gasteiger partial charge in [0.05, 0.1) is 6.61 Å². The van der Waals surface area contributed by atoms with Crippen LogP contribution in [0.1, 0.15) is 0 Å². The van der Waals surface area contributed by atoms with Crippen molar-refractivity contribution in [3.05, 3.63) is 29.3 Å². The molecule has 0 saturated heterocycles. The van der Waals surface area contributed by atoms with Gasteiger partial charge in [-0.25, -0.2) is 4.79 Å². The molecule has 19 heavy (non-hydrogen) atoms. The highest BCUT2D eigenvalue weighted by molar-refractivity contribution is 6.30. The molecule has 0 bridgehead atoms. The van der Waals surface area contributed by atoms with Gasteiger partial charge in [0.15, 0.2) is 12.6 Å². The fourth-order valence-electron chi connectivity index (χ4n) is 1.26. The predicted octanol–water partition coefficient (Wildman–Crippen LogP) is 0.935. The Balaban J connectivity index is 2.42. The Morgan fingerprint density at radius 2 is 2.00 bits per heavy atom. The summed E-state index contributed by atoms with van der Waals surface area (Å²) < 4.78 is 9.87. The second kappa shape index (κ2) is 7.60. The van der Waals surface area contributed by atoms with Crippen molar-refractivity contribution in [1.82, 2.24) is 5.32 Å². The number of carbonyl (C=O) groups excluding carboxylic acids is 1. The number of carboxylic acids is 1. The molecule has 1 amide bonds. The van der Waals surface area contributed by atoms with Crippen LogP contribution in [0.3, 0.4) is 0 Å². The van der Waals surface area contributed by atoms with Crippen LogP contribution in [-0.2, 0) is 14.3 Å². The van der Waals surface area contributed by atoms with E-state index in [1.807, 2.05) is 0 Å². The van der Waals surface area contributed by atoms with Gasteiger partial charge in [-0.05, 0) is 24.3 Å². The third-order valence-corrected chi connectivity index (χ3v) is 2.40. The highest BCUT2D eigenvalue weighted by atomic mass is 35.5. The molecule has 0 aliphatic rings. The first-order chi connectivity index (χ1) is 9.02. The van der Waals surface area contributed by atoms with E-state index in [1.54, 1.807) is 24.3 Å². The van der Waals surface area contributed by atoms with E-state index in [1.165, 1.54) is 7.11 Å². The van der Waals surface area contributed by atoms with Gasteiger partial charge < -0.3 is 19.9 Å². The second-order valence-electron chi connectivity index (χ2n) is 3.66. The number of amides is 1. The van der Waals surface area contributed by atoms with E-state index in [2.05, 4.69) is 5.32 Å². The molecule has 0 aliphatic carbocycles. The molecule has 0 saturated carbocycles. The molecule has 1 aromatic rings. The van der Waals surface area contributed by atoms with E-state index < -0.39 is 17.9 Å². The molecule has 7 heteroatoms. The topological polar surface area (TPSA) is 84.9 Å². The van der Waals surface area contributed by atoms with Crippen molar-refractivity contribution in [2.24, 2.45) is 0 Å². The molecule has 0 aliphatic heterocycles. The summed E-state index contributed by atoms with van der Waals surface area (Å²) in [6, 6.07) is 5.38. The first kappa shape index (κ1) is 15.3. The average molecular weight is 288 g/mol. The van der Waals surface area contributed by atoms with Gasteiger partial charge in [0.2, 0.25) is 0 Å². The number of ether oxygens (including phenoxy) is 2. The van der Waals surface area contributed by atoms with E-state index in [-0.39, 0.29) is 13.2 Å². The summed E-state index contributed by atoms with van der Waals surface area (Å²) in [5, 5.41) is 11.7. The highest BCUT2D eigenvalue weighted by Crippen LogP contribution is 2.15. The van der Waals surface area contributed by atoms with Crippen molar-refractivity contribution in [2.45, 2.75) is 6.04 Å². The first-order valence-electron chi connectivity index (χ1n) is 5.42. The third kappa shape index (κ3) is 5.58. The molecule has 0 unspecified atom stereocenters. The molecule has 1 atom stereocenters. The first-order valence-corrected chi connectivity index (χ1v) is 5.80. The number of benzene rings is 1. The summed E-state index contributed by atoms with van der Waals surface area (Å²) >= 11 is 5.70. The van der Waals surface area contributed by atoms with Gasteiger partial charge in [-0.1, -0.05) is 11.6 Å². The lowest BCUT2D eigenvalue weighted by atomic mass is 10.3. The van der Waals surface area contributed by atoms with Crippen LogP contribution in [0.15, 0.2) is 24.3 Å². The van der Waals surface area contributed by atoms with Crippen LogP contribution in [0.5, 0.6) is 5.75 Å². The largest absolute Gasteiger partial charge is 0.484 e. The summed E-state index contributed by atoms with van der Waals surface area (Å²) in [5.74, 6) is -1.24. The van der Waals surface area contributed by atoms with E-state index in [9.17, 15) is 9.59 Å². The summed E-state index contributed by atoms with van der Waals surface area (Å²) in [5.41, 5.74) is 0. The van der Waals surface area contributed by atoms with Crippen molar-refractivity contribution in [2.75, 3.05) is 20.3 Å². The minimum absolute atomic E-state index is 0.109. The Hall–Kier alpha value is -1.79. The summed E-state index contributed by atoms with van der Waals surface area (Å²) in [6.07, 6.45) is 0. The maximum atomic E-state index is 11.5. The molecule has 1 rings (SSSR count). The monoisotopic (exact) mass is 287 g/mol. The van der Waals surface area contributed by atoms with Crippen LogP contribution >= 0.6 is 11.6 Å². The van der Waals surface area contributed by atoms with Gasteiger partial charge in [0.25, 0.3) is 5.91 Å². The Bertz CT molecular complexity index is 434. The summed E-state index contributed by atoms with van der Waals surface area (Å²) in [6.45, 7) is -0.392. The van der Waals surface area contributed by atoms with E-state index in [0.29, 0.717) is 10.8 Å². The Kier molecular flexibility index (Phi) is 6.11. The number of hydrogen-bond acceptors (Lipinski definition) is 4. The number of carboxylic acid groups (broad SMARTS) is 1. The number of nitrogens with one attached hydrogen (secondary N) is 1. The van der Waals surface area contributed by atoms with Crippen molar-refractivity contribution in [1.29, 1.82) is 0 Å². The fraction of sp³-hybridized carbons (Fsp3) is 0.333. The molecule has 0 fully saturated rings. The second-order valence-corrected chi connectivity index (χ2v) is 4.09. The molecule has 0 spiro atoms. The SMILES string of the molecule is COC[C@H](NC(=O)COc1ccc(Cl)cc1)C(=O)O. The van der Waals surface area contributed by atoms with Crippen LogP contribution < -0.4 is 10.1 Å². The number of halogens is 1. The Labute approximate surface area is 115 Å². The molecule has 104 valence electrons. The molecule has 6 nitrogen and oxygen atoms in total. The standard InChI is InChI=1S/C12H14ClNO5/c1-18-6-10(12(16)17)14-11(15)7-19-9-4-2-8(13)3-5-9/h2-5,10H,6-7H2,1H3,(H,14,15)(H,16,17)/t10-/m0/s1.